The second kappa shape index (κ2) is 6.30. The number of rotatable bonds is 2. The van der Waals surface area contributed by atoms with Gasteiger partial charge in [0, 0.05) is 0 Å². The molecule has 2 aromatic carbocycles. The summed E-state index contributed by atoms with van der Waals surface area (Å²) in [6.45, 7) is 0. The van der Waals surface area contributed by atoms with E-state index in [9.17, 15) is 4.79 Å². The van der Waals surface area contributed by atoms with Gasteiger partial charge in [-0.2, -0.15) is 0 Å². The summed E-state index contributed by atoms with van der Waals surface area (Å²) in [4.78, 5) is 11.3. The topological polar surface area (TPSA) is 67.0 Å². The fraction of sp³-hybridized carbons (Fsp3) is 0. The molecular weight excluding hydrogens is 220 g/mol. The zero-order chi connectivity index (χ0) is 11.2. The maximum atomic E-state index is 11.3. The Balaban J connectivity index is 0.00000144. The van der Waals surface area contributed by atoms with Gasteiger partial charge in [0.05, 0.1) is 0 Å². The monoisotopic (exact) mass is 232 g/mol. The van der Waals surface area contributed by atoms with Crippen LogP contribution in [0.15, 0.2) is 60.7 Å². The first-order valence-corrected chi connectivity index (χ1v) is 4.84. The molecule has 4 nitrogen and oxygen atoms in total. The van der Waals surface area contributed by atoms with E-state index in [0.717, 1.165) is 0 Å². The summed E-state index contributed by atoms with van der Waals surface area (Å²) in [5.74, 6) is 0.923. The molecule has 0 aliphatic heterocycles. The van der Waals surface area contributed by atoms with E-state index >= 15 is 0 Å². The molecule has 0 saturated carbocycles. The molecule has 0 amide bonds. The van der Waals surface area contributed by atoms with Gasteiger partial charge in [0.15, 0.2) is 0 Å². The molecular formula is C13H12O4. The molecule has 0 aliphatic rings. The van der Waals surface area contributed by atoms with Gasteiger partial charge in [0.1, 0.15) is 11.5 Å². The summed E-state index contributed by atoms with van der Waals surface area (Å²) in [5, 5.41) is 0. The minimum Gasteiger partial charge on any atom is -0.412 e. The van der Waals surface area contributed by atoms with Crippen molar-refractivity contribution < 1.29 is 19.7 Å². The molecule has 0 bridgehead atoms. The molecule has 0 saturated heterocycles. The van der Waals surface area contributed by atoms with Gasteiger partial charge in [0.2, 0.25) is 0 Å². The van der Waals surface area contributed by atoms with Crippen molar-refractivity contribution in [3.63, 3.8) is 0 Å². The van der Waals surface area contributed by atoms with E-state index in [1.165, 1.54) is 0 Å². The van der Waals surface area contributed by atoms with Crippen LogP contribution in [0.25, 0.3) is 0 Å². The van der Waals surface area contributed by atoms with Gasteiger partial charge in [-0.3, -0.25) is 0 Å². The summed E-state index contributed by atoms with van der Waals surface area (Å²) < 4.78 is 9.91. The molecule has 0 unspecified atom stereocenters. The number of benzene rings is 2. The largest absolute Gasteiger partial charge is 0.519 e. The van der Waals surface area contributed by atoms with Crippen LogP contribution in [0.5, 0.6) is 11.5 Å². The molecule has 17 heavy (non-hydrogen) atoms. The van der Waals surface area contributed by atoms with Crippen molar-refractivity contribution in [2.45, 2.75) is 0 Å². The standard InChI is InChI=1S/C13H10O3.H2O/c14-13(15-11-7-3-1-4-8-11)16-12-9-5-2-6-10-12;/h1-10H;1H2. The van der Waals surface area contributed by atoms with Gasteiger partial charge in [-0.25, -0.2) is 4.79 Å². The molecule has 2 rings (SSSR count). The van der Waals surface area contributed by atoms with Crippen molar-refractivity contribution in [2.75, 3.05) is 0 Å². The lowest BCUT2D eigenvalue weighted by molar-refractivity contribution is 0.152. The van der Waals surface area contributed by atoms with Crippen molar-refractivity contribution in [2.24, 2.45) is 0 Å². The molecule has 0 aromatic heterocycles. The number of carbonyl (C=O) groups excluding carboxylic acids is 1. The maximum Gasteiger partial charge on any atom is 0.519 e. The van der Waals surface area contributed by atoms with E-state index in [0.29, 0.717) is 11.5 Å². The fourth-order valence-corrected chi connectivity index (χ4v) is 1.19. The van der Waals surface area contributed by atoms with Crippen LogP contribution >= 0.6 is 0 Å². The first kappa shape index (κ1) is 12.7. The molecule has 2 N–H and O–H groups in total. The summed E-state index contributed by atoms with van der Waals surface area (Å²) in [7, 11) is 0. The molecule has 0 aliphatic carbocycles. The number of carbonyl (C=O) groups is 1. The molecule has 0 fully saturated rings. The third-order valence-corrected chi connectivity index (χ3v) is 1.89. The van der Waals surface area contributed by atoms with E-state index in [-0.39, 0.29) is 5.48 Å². The van der Waals surface area contributed by atoms with Crippen LogP contribution in [0.4, 0.5) is 4.79 Å². The van der Waals surface area contributed by atoms with Gasteiger partial charge in [0.25, 0.3) is 0 Å². The zero-order valence-electron chi connectivity index (χ0n) is 9.00. The second-order valence-electron chi connectivity index (χ2n) is 3.08. The molecule has 0 heterocycles. The predicted molar refractivity (Wildman–Crippen MR) is 63.1 cm³/mol. The third-order valence-electron chi connectivity index (χ3n) is 1.89. The highest BCUT2D eigenvalue weighted by molar-refractivity contribution is 5.66. The van der Waals surface area contributed by atoms with Gasteiger partial charge in [-0.05, 0) is 24.3 Å². The van der Waals surface area contributed by atoms with Crippen molar-refractivity contribution in [1.82, 2.24) is 0 Å². The van der Waals surface area contributed by atoms with E-state index in [1.807, 2.05) is 12.1 Å². The van der Waals surface area contributed by atoms with Crippen molar-refractivity contribution >= 4 is 6.16 Å². The highest BCUT2D eigenvalue weighted by Gasteiger charge is 2.06. The van der Waals surface area contributed by atoms with Crippen LogP contribution in [0.1, 0.15) is 0 Å². The van der Waals surface area contributed by atoms with Gasteiger partial charge >= 0.3 is 6.16 Å². The normalized spacial score (nSPS) is 8.94. The highest BCUT2D eigenvalue weighted by atomic mass is 16.7. The molecule has 2 aromatic rings. The Morgan fingerprint density at radius 3 is 1.41 bits per heavy atom. The molecule has 0 atom stereocenters. The smallest absolute Gasteiger partial charge is 0.412 e. The van der Waals surface area contributed by atoms with E-state index < -0.39 is 6.16 Å². The van der Waals surface area contributed by atoms with E-state index in [4.69, 9.17) is 9.47 Å². The van der Waals surface area contributed by atoms with Gasteiger partial charge in [-0.1, -0.05) is 36.4 Å². The molecule has 0 radical (unpaired) electrons. The van der Waals surface area contributed by atoms with E-state index in [2.05, 4.69) is 0 Å². The predicted octanol–water partition coefficient (Wildman–Crippen LogP) is 2.44. The Morgan fingerprint density at radius 2 is 1.06 bits per heavy atom. The Labute approximate surface area is 98.7 Å². The fourth-order valence-electron chi connectivity index (χ4n) is 1.19. The van der Waals surface area contributed by atoms with Gasteiger partial charge in [-0.15, -0.1) is 0 Å². The number of para-hydroxylation sites is 2. The summed E-state index contributed by atoms with van der Waals surface area (Å²) in [5.41, 5.74) is 0. The van der Waals surface area contributed by atoms with E-state index in [1.54, 1.807) is 48.5 Å². The molecule has 4 heteroatoms. The highest BCUT2D eigenvalue weighted by Crippen LogP contribution is 2.12. The van der Waals surface area contributed by atoms with Crippen LogP contribution in [-0.4, -0.2) is 11.6 Å². The lowest BCUT2D eigenvalue weighted by atomic mass is 10.3. The van der Waals surface area contributed by atoms with Crippen molar-refractivity contribution in [3.05, 3.63) is 60.7 Å². The SMILES string of the molecule is O.O=C(Oc1ccccc1)Oc1ccccc1. The quantitative estimate of drug-likeness (QED) is 0.590. The number of hydrogen-bond donors (Lipinski definition) is 0. The van der Waals surface area contributed by atoms with Crippen LogP contribution in [0, 0.1) is 0 Å². The molecule has 88 valence electrons. The average Bonchev–Trinajstić information content (AvgIpc) is 2.31. The number of ether oxygens (including phenoxy) is 2. The lowest BCUT2D eigenvalue weighted by Gasteiger charge is -2.04. The van der Waals surface area contributed by atoms with Crippen LogP contribution < -0.4 is 9.47 Å². The molecule has 0 spiro atoms. The Kier molecular flexibility index (Phi) is 4.72. The minimum atomic E-state index is -0.739. The van der Waals surface area contributed by atoms with Crippen LogP contribution in [-0.2, 0) is 0 Å². The van der Waals surface area contributed by atoms with Crippen molar-refractivity contribution in [3.8, 4) is 11.5 Å². The first-order chi connectivity index (χ1) is 7.84. The van der Waals surface area contributed by atoms with Crippen LogP contribution in [0.3, 0.4) is 0 Å². The summed E-state index contributed by atoms with van der Waals surface area (Å²) >= 11 is 0. The average molecular weight is 232 g/mol. The van der Waals surface area contributed by atoms with Crippen molar-refractivity contribution in [1.29, 1.82) is 0 Å². The van der Waals surface area contributed by atoms with Gasteiger partial charge < -0.3 is 14.9 Å². The third kappa shape index (κ3) is 3.96. The first-order valence-electron chi connectivity index (χ1n) is 4.84. The zero-order valence-corrected chi connectivity index (χ0v) is 9.00. The Bertz CT molecular complexity index is 410. The van der Waals surface area contributed by atoms with Crippen LogP contribution in [0.2, 0.25) is 0 Å². The lowest BCUT2D eigenvalue weighted by Crippen LogP contribution is -2.13. The summed E-state index contributed by atoms with van der Waals surface area (Å²) in [6.07, 6.45) is -0.739. The minimum absolute atomic E-state index is 0. The second-order valence-corrected chi connectivity index (χ2v) is 3.08. The summed E-state index contributed by atoms with van der Waals surface area (Å²) in [6, 6.07) is 17.6. The number of hydrogen-bond acceptors (Lipinski definition) is 3. The Morgan fingerprint density at radius 1 is 0.706 bits per heavy atom. The maximum absolute atomic E-state index is 11.3. The Hall–Kier alpha value is -2.33.